The topological polar surface area (TPSA) is 53.8 Å². The van der Waals surface area contributed by atoms with Crippen molar-refractivity contribution in [1.82, 2.24) is 4.98 Å². The lowest BCUT2D eigenvalue weighted by atomic mass is 10.2. The van der Waals surface area contributed by atoms with Crippen molar-refractivity contribution >= 4 is 11.5 Å². The molecule has 3 nitrogen and oxygen atoms in total. The molecule has 0 aliphatic rings. The molecule has 0 atom stereocenters. The molecule has 0 saturated carbocycles. The van der Waals surface area contributed by atoms with Crippen molar-refractivity contribution in [3.63, 3.8) is 0 Å². The number of rotatable bonds is 1. The summed E-state index contributed by atoms with van der Waals surface area (Å²) in [5.41, 5.74) is 0.301. The fourth-order valence-electron chi connectivity index (χ4n) is 0.643. The third-order valence-electron chi connectivity index (χ3n) is 1.13. The molecule has 11 heavy (non-hydrogen) atoms. The second-order valence-electron chi connectivity index (χ2n) is 1.80. The standard InChI is InChI=1S/C8H4N2O/c9-5-7(6-11)8-3-1-2-4-10-8/h1-4H. The van der Waals surface area contributed by atoms with Gasteiger partial charge in [0.05, 0.1) is 5.69 Å². The predicted octanol–water partition coefficient (Wildman–Crippen LogP) is 0.820. The fraction of sp³-hybridized carbons (Fsp3) is 0. The summed E-state index contributed by atoms with van der Waals surface area (Å²) in [7, 11) is 0. The first kappa shape index (κ1) is 7.20. The highest BCUT2D eigenvalue weighted by atomic mass is 16.1. The van der Waals surface area contributed by atoms with Crippen molar-refractivity contribution in [2.45, 2.75) is 0 Å². The zero-order valence-electron chi connectivity index (χ0n) is 5.61. The van der Waals surface area contributed by atoms with E-state index in [1.807, 2.05) is 0 Å². The van der Waals surface area contributed by atoms with Gasteiger partial charge in [0.2, 0.25) is 0 Å². The van der Waals surface area contributed by atoms with Crippen LogP contribution in [0, 0.1) is 11.3 Å². The van der Waals surface area contributed by atoms with Gasteiger partial charge >= 0.3 is 0 Å². The van der Waals surface area contributed by atoms with Gasteiger partial charge in [0, 0.05) is 6.20 Å². The summed E-state index contributed by atoms with van der Waals surface area (Å²) in [6, 6.07) is 6.70. The summed E-state index contributed by atoms with van der Waals surface area (Å²) < 4.78 is 0. The second kappa shape index (κ2) is 3.31. The molecule has 0 amide bonds. The van der Waals surface area contributed by atoms with E-state index in [0.717, 1.165) is 0 Å². The summed E-state index contributed by atoms with van der Waals surface area (Å²) in [5.74, 6) is 1.51. The Morgan fingerprint density at radius 3 is 2.82 bits per heavy atom. The normalized spacial score (nSPS) is 7.91. The average molecular weight is 144 g/mol. The Kier molecular flexibility index (Phi) is 2.16. The third kappa shape index (κ3) is 1.51. The number of allylic oxidation sites excluding steroid dienone is 1. The Labute approximate surface area is 63.6 Å². The van der Waals surface area contributed by atoms with E-state index in [9.17, 15) is 4.79 Å². The van der Waals surface area contributed by atoms with Crippen LogP contribution in [0.3, 0.4) is 0 Å². The van der Waals surface area contributed by atoms with Gasteiger partial charge in [0.1, 0.15) is 12.0 Å². The summed E-state index contributed by atoms with van der Waals surface area (Å²) in [6.07, 6.45) is 1.52. The molecular formula is C8H4N2O. The Bertz CT molecular complexity index is 331. The molecule has 0 aliphatic heterocycles. The number of carbonyl (C=O) groups excluding carboxylic acids is 1. The van der Waals surface area contributed by atoms with E-state index in [-0.39, 0.29) is 5.57 Å². The van der Waals surface area contributed by atoms with Crippen LogP contribution in [0.4, 0.5) is 0 Å². The quantitative estimate of drug-likeness (QED) is 0.433. The number of hydrogen-bond donors (Lipinski definition) is 0. The van der Waals surface area contributed by atoms with E-state index >= 15 is 0 Å². The molecule has 0 unspecified atom stereocenters. The van der Waals surface area contributed by atoms with Crippen LogP contribution in [-0.4, -0.2) is 10.9 Å². The average Bonchev–Trinajstić information content (AvgIpc) is 2.09. The summed E-state index contributed by atoms with van der Waals surface area (Å²) in [4.78, 5) is 13.9. The van der Waals surface area contributed by atoms with E-state index in [2.05, 4.69) is 4.98 Å². The number of aromatic nitrogens is 1. The molecule has 0 N–H and O–H groups in total. The fourth-order valence-corrected chi connectivity index (χ4v) is 0.643. The van der Waals surface area contributed by atoms with Crippen LogP contribution in [0.5, 0.6) is 0 Å². The number of pyridine rings is 1. The van der Waals surface area contributed by atoms with Gasteiger partial charge < -0.3 is 0 Å². The van der Waals surface area contributed by atoms with E-state index in [4.69, 9.17) is 5.26 Å². The maximum Gasteiger partial charge on any atom is 0.161 e. The number of nitriles is 1. The Hall–Kier alpha value is -1.91. The van der Waals surface area contributed by atoms with Gasteiger partial charge in [-0.15, -0.1) is 0 Å². The predicted molar refractivity (Wildman–Crippen MR) is 39.0 cm³/mol. The Morgan fingerprint density at radius 1 is 1.55 bits per heavy atom. The van der Waals surface area contributed by atoms with Crippen molar-refractivity contribution in [3.05, 3.63) is 30.1 Å². The summed E-state index contributed by atoms with van der Waals surface area (Å²) in [6.45, 7) is 0. The highest BCUT2D eigenvalue weighted by Gasteiger charge is 1.99. The molecule has 0 saturated heterocycles. The lowest BCUT2D eigenvalue weighted by molar-refractivity contribution is 0.569. The lowest BCUT2D eigenvalue weighted by Gasteiger charge is -1.89. The lowest BCUT2D eigenvalue weighted by Crippen LogP contribution is -1.84. The number of nitrogens with zero attached hydrogens (tertiary/aromatic N) is 2. The summed E-state index contributed by atoms with van der Waals surface area (Å²) >= 11 is 0. The van der Waals surface area contributed by atoms with Gasteiger partial charge in [-0.2, -0.15) is 5.26 Å². The van der Waals surface area contributed by atoms with Crippen molar-refractivity contribution in [2.75, 3.05) is 0 Å². The monoisotopic (exact) mass is 144 g/mol. The first-order valence-electron chi connectivity index (χ1n) is 2.95. The van der Waals surface area contributed by atoms with Gasteiger partial charge in [0.25, 0.3) is 0 Å². The molecule has 0 spiro atoms. The third-order valence-corrected chi connectivity index (χ3v) is 1.13. The van der Waals surface area contributed by atoms with Crippen LogP contribution >= 0.6 is 0 Å². The Balaban J connectivity index is 3.15. The van der Waals surface area contributed by atoms with Crippen molar-refractivity contribution in [3.8, 4) is 6.07 Å². The van der Waals surface area contributed by atoms with E-state index in [0.29, 0.717) is 5.69 Å². The molecule has 1 aromatic rings. The van der Waals surface area contributed by atoms with Crippen molar-refractivity contribution in [2.24, 2.45) is 0 Å². The van der Waals surface area contributed by atoms with Crippen LogP contribution in [0.1, 0.15) is 5.69 Å². The van der Waals surface area contributed by atoms with Gasteiger partial charge in [-0.1, -0.05) is 6.07 Å². The molecular weight excluding hydrogens is 140 g/mol. The highest BCUT2D eigenvalue weighted by molar-refractivity contribution is 5.94. The zero-order chi connectivity index (χ0) is 8.10. The van der Waals surface area contributed by atoms with Gasteiger partial charge in [-0.3, -0.25) is 4.98 Å². The minimum Gasteiger partial charge on any atom is -0.255 e. The van der Waals surface area contributed by atoms with Crippen LogP contribution in [0.2, 0.25) is 0 Å². The minimum absolute atomic E-state index is 0.0643. The smallest absolute Gasteiger partial charge is 0.161 e. The molecule has 0 radical (unpaired) electrons. The molecule has 1 aromatic heterocycles. The maximum atomic E-state index is 10.1. The van der Waals surface area contributed by atoms with Crippen LogP contribution in [0.25, 0.3) is 5.57 Å². The zero-order valence-corrected chi connectivity index (χ0v) is 5.61. The number of hydrogen-bond acceptors (Lipinski definition) is 3. The van der Waals surface area contributed by atoms with E-state index < -0.39 is 0 Å². The van der Waals surface area contributed by atoms with Crippen molar-refractivity contribution < 1.29 is 4.79 Å². The summed E-state index contributed by atoms with van der Waals surface area (Å²) in [5, 5.41) is 8.39. The molecule has 0 fully saturated rings. The molecule has 1 rings (SSSR count). The molecule has 1 heterocycles. The molecule has 0 aromatic carbocycles. The van der Waals surface area contributed by atoms with Gasteiger partial charge in [-0.25, -0.2) is 4.79 Å². The van der Waals surface area contributed by atoms with Crippen LogP contribution in [-0.2, 0) is 4.79 Å². The molecule has 52 valence electrons. The SMILES string of the molecule is N#CC(=C=O)c1ccccn1. The van der Waals surface area contributed by atoms with E-state index in [1.165, 1.54) is 12.1 Å². The van der Waals surface area contributed by atoms with Crippen LogP contribution in [0.15, 0.2) is 24.4 Å². The molecule has 0 bridgehead atoms. The Morgan fingerprint density at radius 2 is 2.36 bits per heavy atom. The molecule has 0 aliphatic carbocycles. The largest absolute Gasteiger partial charge is 0.255 e. The van der Waals surface area contributed by atoms with Crippen LogP contribution < -0.4 is 0 Å². The second-order valence-corrected chi connectivity index (χ2v) is 1.80. The maximum absolute atomic E-state index is 10.1. The molecule has 3 heteroatoms. The van der Waals surface area contributed by atoms with Gasteiger partial charge in [0.15, 0.2) is 5.57 Å². The van der Waals surface area contributed by atoms with Crippen molar-refractivity contribution in [1.29, 1.82) is 5.26 Å². The van der Waals surface area contributed by atoms with E-state index in [1.54, 1.807) is 24.3 Å². The highest BCUT2D eigenvalue weighted by Crippen LogP contribution is 2.04. The minimum atomic E-state index is -0.0643. The van der Waals surface area contributed by atoms with Gasteiger partial charge in [-0.05, 0) is 12.1 Å². The first-order chi connectivity index (χ1) is 5.38. The first-order valence-corrected chi connectivity index (χ1v) is 2.95.